The van der Waals surface area contributed by atoms with Crippen molar-refractivity contribution in [2.75, 3.05) is 17.7 Å². The van der Waals surface area contributed by atoms with Crippen LogP contribution in [-0.2, 0) is 14.8 Å². The second kappa shape index (κ2) is 9.30. The SMILES string of the molecule is CC[C@@H](C(=O)N[C@@H](C)c1ccccc1)N(c1ccc(OC)c(Cl)c1)S(C)(=O)=O. The number of amides is 1. The molecule has 0 radical (unpaired) electrons. The first-order valence-electron chi connectivity index (χ1n) is 8.87. The molecule has 8 heteroatoms. The van der Waals surface area contributed by atoms with Crippen LogP contribution >= 0.6 is 11.6 Å². The normalized spacial score (nSPS) is 13.5. The van der Waals surface area contributed by atoms with E-state index in [0.717, 1.165) is 16.1 Å². The van der Waals surface area contributed by atoms with Crippen LogP contribution in [0.15, 0.2) is 48.5 Å². The maximum atomic E-state index is 13.0. The third-order valence-electron chi connectivity index (χ3n) is 4.38. The van der Waals surface area contributed by atoms with Crippen molar-refractivity contribution in [1.82, 2.24) is 5.32 Å². The summed E-state index contributed by atoms with van der Waals surface area (Å²) in [6.07, 6.45) is 1.37. The maximum absolute atomic E-state index is 13.0. The largest absolute Gasteiger partial charge is 0.495 e. The van der Waals surface area contributed by atoms with E-state index in [1.165, 1.54) is 13.2 Å². The van der Waals surface area contributed by atoms with Gasteiger partial charge >= 0.3 is 0 Å². The highest BCUT2D eigenvalue weighted by Crippen LogP contribution is 2.32. The third-order valence-corrected chi connectivity index (χ3v) is 5.85. The Morgan fingerprint density at radius 3 is 2.36 bits per heavy atom. The minimum absolute atomic E-state index is 0.261. The molecule has 0 unspecified atom stereocenters. The van der Waals surface area contributed by atoms with Crippen LogP contribution in [0.4, 0.5) is 5.69 Å². The molecule has 0 aliphatic heterocycles. The summed E-state index contributed by atoms with van der Waals surface area (Å²) < 4.78 is 31.3. The Morgan fingerprint density at radius 1 is 1.21 bits per heavy atom. The van der Waals surface area contributed by atoms with Crippen molar-refractivity contribution in [2.45, 2.75) is 32.4 Å². The molecule has 2 atom stereocenters. The number of anilines is 1. The van der Waals surface area contributed by atoms with Gasteiger partial charge in [-0.15, -0.1) is 0 Å². The number of benzene rings is 2. The molecule has 2 aromatic carbocycles. The second-order valence-corrected chi connectivity index (χ2v) is 8.71. The van der Waals surface area contributed by atoms with Gasteiger partial charge < -0.3 is 10.1 Å². The standard InChI is InChI=1S/C20H25ClN2O4S/c1-5-18(20(24)22-14(2)15-9-7-6-8-10-15)23(28(4,25)26)16-11-12-19(27-3)17(21)13-16/h6-14,18H,5H2,1-4H3,(H,22,24)/t14-,18-/m0/s1. The van der Waals surface area contributed by atoms with E-state index in [9.17, 15) is 13.2 Å². The van der Waals surface area contributed by atoms with Gasteiger partial charge in [-0.1, -0.05) is 48.9 Å². The third kappa shape index (κ3) is 5.17. The molecule has 0 bridgehead atoms. The molecule has 152 valence electrons. The van der Waals surface area contributed by atoms with Crippen molar-refractivity contribution in [1.29, 1.82) is 0 Å². The van der Waals surface area contributed by atoms with Gasteiger partial charge in [-0.2, -0.15) is 0 Å². The Bertz CT molecular complexity index is 919. The maximum Gasteiger partial charge on any atom is 0.244 e. The summed E-state index contributed by atoms with van der Waals surface area (Å²) in [5, 5.41) is 3.17. The fourth-order valence-electron chi connectivity index (χ4n) is 2.99. The van der Waals surface area contributed by atoms with Gasteiger partial charge in [-0.3, -0.25) is 9.10 Å². The number of nitrogens with zero attached hydrogens (tertiary/aromatic N) is 1. The molecule has 2 aromatic rings. The predicted molar refractivity (Wildman–Crippen MR) is 112 cm³/mol. The van der Waals surface area contributed by atoms with Crippen molar-refractivity contribution in [2.24, 2.45) is 0 Å². The lowest BCUT2D eigenvalue weighted by Crippen LogP contribution is -2.49. The van der Waals surface area contributed by atoms with Crippen LogP contribution in [-0.4, -0.2) is 33.7 Å². The van der Waals surface area contributed by atoms with Gasteiger partial charge in [0.2, 0.25) is 15.9 Å². The Kier molecular flexibility index (Phi) is 7.32. The quantitative estimate of drug-likeness (QED) is 0.699. The molecule has 0 fully saturated rings. The number of halogens is 1. The zero-order valence-electron chi connectivity index (χ0n) is 16.3. The van der Waals surface area contributed by atoms with E-state index in [4.69, 9.17) is 16.3 Å². The van der Waals surface area contributed by atoms with E-state index in [-0.39, 0.29) is 17.0 Å². The highest BCUT2D eigenvalue weighted by atomic mass is 35.5. The van der Waals surface area contributed by atoms with Crippen LogP contribution in [0.5, 0.6) is 5.75 Å². The van der Waals surface area contributed by atoms with Crippen LogP contribution in [0.3, 0.4) is 0 Å². The molecule has 0 aliphatic rings. The Labute approximate surface area is 171 Å². The van der Waals surface area contributed by atoms with Crippen molar-refractivity contribution in [3.05, 3.63) is 59.1 Å². The Hall–Kier alpha value is -2.25. The minimum atomic E-state index is -3.74. The molecule has 0 heterocycles. The smallest absolute Gasteiger partial charge is 0.244 e. The van der Waals surface area contributed by atoms with Crippen LogP contribution in [0.25, 0.3) is 0 Å². The average Bonchev–Trinajstić information content (AvgIpc) is 2.65. The van der Waals surface area contributed by atoms with Gasteiger partial charge in [0.05, 0.1) is 30.1 Å². The van der Waals surface area contributed by atoms with Crippen molar-refractivity contribution < 1.29 is 17.9 Å². The molecule has 1 N–H and O–H groups in total. The summed E-state index contributed by atoms with van der Waals surface area (Å²) in [6, 6.07) is 12.9. The summed E-state index contributed by atoms with van der Waals surface area (Å²) in [4.78, 5) is 13.0. The van der Waals surface area contributed by atoms with E-state index in [2.05, 4.69) is 5.32 Å². The van der Waals surface area contributed by atoms with Crippen molar-refractivity contribution in [3.8, 4) is 5.75 Å². The van der Waals surface area contributed by atoms with Crippen LogP contribution < -0.4 is 14.4 Å². The molecule has 0 aromatic heterocycles. The monoisotopic (exact) mass is 424 g/mol. The fourth-order valence-corrected chi connectivity index (χ4v) is 4.44. The number of methoxy groups -OCH3 is 1. The lowest BCUT2D eigenvalue weighted by molar-refractivity contribution is -0.122. The number of hydrogen-bond donors (Lipinski definition) is 1. The lowest BCUT2D eigenvalue weighted by atomic mass is 10.1. The molecular formula is C20H25ClN2O4S. The number of nitrogens with one attached hydrogen (secondary N) is 1. The molecule has 1 amide bonds. The van der Waals surface area contributed by atoms with Gasteiger partial charge in [0.15, 0.2) is 0 Å². The van der Waals surface area contributed by atoms with Gasteiger partial charge in [-0.25, -0.2) is 8.42 Å². The molecule has 0 spiro atoms. The number of rotatable bonds is 8. The van der Waals surface area contributed by atoms with Gasteiger partial charge in [0.25, 0.3) is 0 Å². The first-order chi connectivity index (χ1) is 13.2. The number of sulfonamides is 1. The molecule has 2 rings (SSSR count). The summed E-state index contributed by atoms with van der Waals surface area (Å²) >= 11 is 6.17. The van der Waals surface area contributed by atoms with E-state index in [1.807, 2.05) is 37.3 Å². The van der Waals surface area contributed by atoms with Crippen LogP contribution in [0, 0.1) is 0 Å². The molecule has 28 heavy (non-hydrogen) atoms. The molecule has 0 aliphatic carbocycles. The highest BCUT2D eigenvalue weighted by molar-refractivity contribution is 7.92. The first-order valence-corrected chi connectivity index (χ1v) is 11.1. The van der Waals surface area contributed by atoms with E-state index in [0.29, 0.717) is 17.9 Å². The molecular weight excluding hydrogens is 400 g/mol. The zero-order chi connectivity index (χ0) is 20.9. The van der Waals surface area contributed by atoms with Gasteiger partial charge in [-0.05, 0) is 37.1 Å². The zero-order valence-corrected chi connectivity index (χ0v) is 17.9. The van der Waals surface area contributed by atoms with Crippen molar-refractivity contribution >= 4 is 33.2 Å². The van der Waals surface area contributed by atoms with Crippen molar-refractivity contribution in [3.63, 3.8) is 0 Å². The summed E-state index contributed by atoms with van der Waals surface area (Å²) in [7, 11) is -2.26. The van der Waals surface area contributed by atoms with Crippen LogP contribution in [0.1, 0.15) is 31.9 Å². The number of ether oxygens (including phenoxy) is 1. The second-order valence-electron chi connectivity index (χ2n) is 6.44. The van der Waals surface area contributed by atoms with Crippen LogP contribution in [0.2, 0.25) is 5.02 Å². The summed E-state index contributed by atoms with van der Waals surface area (Å²) in [6.45, 7) is 3.62. The van der Waals surface area contributed by atoms with E-state index < -0.39 is 16.1 Å². The predicted octanol–water partition coefficient (Wildman–Crippen LogP) is 3.77. The van der Waals surface area contributed by atoms with Gasteiger partial charge in [0, 0.05) is 0 Å². The molecule has 0 saturated heterocycles. The number of hydrogen-bond acceptors (Lipinski definition) is 4. The van der Waals surface area contributed by atoms with E-state index in [1.54, 1.807) is 19.1 Å². The average molecular weight is 425 g/mol. The summed E-state index contributed by atoms with van der Waals surface area (Å²) in [5.74, 6) is 0.0466. The first kappa shape index (κ1) is 22.0. The number of carbonyl (C=O) groups excluding carboxylic acids is 1. The minimum Gasteiger partial charge on any atom is -0.495 e. The highest BCUT2D eigenvalue weighted by Gasteiger charge is 2.32. The lowest BCUT2D eigenvalue weighted by Gasteiger charge is -2.31. The Morgan fingerprint density at radius 2 is 1.86 bits per heavy atom. The Balaban J connectivity index is 2.35. The van der Waals surface area contributed by atoms with E-state index >= 15 is 0 Å². The van der Waals surface area contributed by atoms with Gasteiger partial charge in [0.1, 0.15) is 11.8 Å². The fraction of sp³-hybridized carbons (Fsp3) is 0.350. The number of carbonyl (C=O) groups is 1. The molecule has 0 saturated carbocycles. The summed E-state index contributed by atoms with van der Waals surface area (Å²) in [5.41, 5.74) is 1.24. The topological polar surface area (TPSA) is 75.7 Å². The molecule has 6 nitrogen and oxygen atoms in total.